The molecule has 1 unspecified atom stereocenters. The van der Waals surface area contributed by atoms with Gasteiger partial charge in [-0.15, -0.1) is 0 Å². The zero-order valence-electron chi connectivity index (χ0n) is 9.71. The highest BCUT2D eigenvalue weighted by molar-refractivity contribution is 5.89. The standard InChI is InChI=1S/C13H20O2/c1-12(2)10-7-6-9-4-3-5-11(14)13(9,8-10)15-12/h9-10H,3-8H2,1-2H3/t9?,10-,13-/m1/s1. The van der Waals surface area contributed by atoms with Gasteiger partial charge in [0.25, 0.3) is 0 Å². The quantitative estimate of drug-likeness (QED) is 0.612. The fourth-order valence-corrected chi connectivity index (χ4v) is 4.04. The molecule has 2 nitrogen and oxygen atoms in total. The van der Waals surface area contributed by atoms with E-state index in [0.29, 0.717) is 17.6 Å². The van der Waals surface area contributed by atoms with E-state index in [1.54, 1.807) is 0 Å². The summed E-state index contributed by atoms with van der Waals surface area (Å²) in [5.41, 5.74) is -0.424. The van der Waals surface area contributed by atoms with E-state index in [-0.39, 0.29) is 11.2 Å². The second-order valence-corrected chi connectivity index (χ2v) is 6.09. The molecule has 0 radical (unpaired) electrons. The predicted molar refractivity (Wildman–Crippen MR) is 57.6 cm³/mol. The summed E-state index contributed by atoms with van der Waals surface area (Å²) in [6.07, 6.45) is 6.50. The lowest BCUT2D eigenvalue weighted by Crippen LogP contribution is -2.50. The largest absolute Gasteiger partial charge is 0.361 e. The van der Waals surface area contributed by atoms with Crippen LogP contribution in [0.5, 0.6) is 0 Å². The lowest BCUT2D eigenvalue weighted by Gasteiger charge is -2.41. The first-order valence-electron chi connectivity index (χ1n) is 6.28. The van der Waals surface area contributed by atoms with E-state index < -0.39 is 0 Å². The van der Waals surface area contributed by atoms with Gasteiger partial charge in [0.15, 0.2) is 5.78 Å². The molecule has 2 saturated carbocycles. The monoisotopic (exact) mass is 208 g/mol. The van der Waals surface area contributed by atoms with Crippen molar-refractivity contribution in [2.45, 2.75) is 63.6 Å². The zero-order chi connectivity index (χ0) is 10.7. The molecule has 3 atom stereocenters. The highest BCUT2D eigenvalue weighted by atomic mass is 16.5. The summed E-state index contributed by atoms with van der Waals surface area (Å²) in [6, 6.07) is 0. The van der Waals surface area contributed by atoms with Crippen LogP contribution in [0.1, 0.15) is 52.4 Å². The third kappa shape index (κ3) is 1.17. The van der Waals surface area contributed by atoms with Crippen molar-refractivity contribution in [2.24, 2.45) is 11.8 Å². The molecule has 2 bridgehead atoms. The first-order chi connectivity index (χ1) is 7.05. The van der Waals surface area contributed by atoms with Crippen LogP contribution < -0.4 is 0 Å². The molecule has 2 heteroatoms. The van der Waals surface area contributed by atoms with Gasteiger partial charge >= 0.3 is 0 Å². The van der Waals surface area contributed by atoms with Crippen LogP contribution in [0.4, 0.5) is 0 Å². The molecule has 1 aliphatic heterocycles. The second kappa shape index (κ2) is 2.85. The van der Waals surface area contributed by atoms with E-state index in [1.165, 1.54) is 19.3 Å². The number of carbonyl (C=O) groups excluding carboxylic acids is 1. The number of ketones is 1. The molecule has 15 heavy (non-hydrogen) atoms. The summed E-state index contributed by atoms with van der Waals surface area (Å²) in [4.78, 5) is 12.2. The average molecular weight is 208 g/mol. The van der Waals surface area contributed by atoms with Gasteiger partial charge in [-0.25, -0.2) is 0 Å². The SMILES string of the molecule is CC1(C)O[C@]23C[C@H]1CCC2CCCC3=O. The Morgan fingerprint density at radius 2 is 1.93 bits per heavy atom. The van der Waals surface area contributed by atoms with Crippen LogP contribution in [0, 0.1) is 11.8 Å². The van der Waals surface area contributed by atoms with E-state index in [1.807, 2.05) is 0 Å². The number of carbonyl (C=O) groups is 1. The first kappa shape index (κ1) is 9.83. The van der Waals surface area contributed by atoms with Gasteiger partial charge in [0, 0.05) is 6.42 Å². The Morgan fingerprint density at radius 3 is 2.73 bits per heavy atom. The molecule has 0 aromatic rings. The van der Waals surface area contributed by atoms with Gasteiger partial charge in [-0.05, 0) is 57.8 Å². The summed E-state index contributed by atoms with van der Waals surface area (Å²) >= 11 is 0. The maximum atomic E-state index is 12.2. The minimum atomic E-state index is -0.356. The second-order valence-electron chi connectivity index (χ2n) is 6.09. The van der Waals surface area contributed by atoms with Crippen LogP contribution in [0.25, 0.3) is 0 Å². The molecule has 0 aromatic carbocycles. The topological polar surface area (TPSA) is 26.3 Å². The third-order valence-electron chi connectivity index (χ3n) is 4.93. The Balaban J connectivity index is 2.00. The third-order valence-corrected chi connectivity index (χ3v) is 4.93. The van der Waals surface area contributed by atoms with Gasteiger partial charge < -0.3 is 4.74 Å². The van der Waals surface area contributed by atoms with Crippen LogP contribution in [-0.2, 0) is 9.53 Å². The van der Waals surface area contributed by atoms with Crippen molar-refractivity contribution >= 4 is 5.78 Å². The van der Waals surface area contributed by atoms with Crippen molar-refractivity contribution in [3.05, 3.63) is 0 Å². The molecule has 0 amide bonds. The van der Waals surface area contributed by atoms with Gasteiger partial charge in [-0.2, -0.15) is 0 Å². The molecule has 1 spiro atoms. The van der Waals surface area contributed by atoms with E-state index >= 15 is 0 Å². The molecular formula is C13H20O2. The van der Waals surface area contributed by atoms with Gasteiger partial charge in [-0.3, -0.25) is 4.79 Å². The van der Waals surface area contributed by atoms with Crippen molar-refractivity contribution in [1.29, 1.82) is 0 Å². The smallest absolute Gasteiger partial charge is 0.164 e. The molecule has 3 fully saturated rings. The minimum Gasteiger partial charge on any atom is -0.361 e. The van der Waals surface area contributed by atoms with Crippen molar-refractivity contribution < 1.29 is 9.53 Å². The fourth-order valence-electron chi connectivity index (χ4n) is 4.04. The van der Waals surface area contributed by atoms with E-state index in [4.69, 9.17) is 4.74 Å². The Bertz CT molecular complexity index is 308. The Morgan fingerprint density at radius 1 is 1.20 bits per heavy atom. The molecule has 3 aliphatic rings. The van der Waals surface area contributed by atoms with Gasteiger partial charge in [-0.1, -0.05) is 0 Å². The number of hydrogen-bond donors (Lipinski definition) is 0. The number of ether oxygens (including phenoxy) is 1. The fraction of sp³-hybridized carbons (Fsp3) is 0.923. The van der Waals surface area contributed by atoms with Crippen molar-refractivity contribution in [2.75, 3.05) is 0 Å². The summed E-state index contributed by atoms with van der Waals surface area (Å²) in [5, 5.41) is 0. The van der Waals surface area contributed by atoms with Crippen LogP contribution in [0.15, 0.2) is 0 Å². The first-order valence-corrected chi connectivity index (χ1v) is 6.28. The maximum Gasteiger partial charge on any atom is 0.164 e. The lowest BCUT2D eigenvalue weighted by molar-refractivity contribution is -0.164. The average Bonchev–Trinajstić information content (AvgIpc) is 2.38. The lowest BCUT2D eigenvalue weighted by atomic mass is 9.64. The van der Waals surface area contributed by atoms with Crippen molar-refractivity contribution in [3.8, 4) is 0 Å². The van der Waals surface area contributed by atoms with Crippen LogP contribution in [-0.4, -0.2) is 17.0 Å². The molecule has 1 heterocycles. The predicted octanol–water partition coefficient (Wildman–Crippen LogP) is 2.70. The van der Waals surface area contributed by atoms with Gasteiger partial charge in [0.2, 0.25) is 0 Å². The normalized spacial score (nSPS) is 47.7. The number of rotatable bonds is 0. The minimum absolute atomic E-state index is 0.0677. The summed E-state index contributed by atoms with van der Waals surface area (Å²) in [6.45, 7) is 4.33. The number of fused-ring (bicyclic) bond motifs is 1. The molecule has 84 valence electrons. The summed E-state index contributed by atoms with van der Waals surface area (Å²) in [5.74, 6) is 1.53. The Labute approximate surface area is 91.4 Å². The zero-order valence-corrected chi connectivity index (χ0v) is 9.71. The van der Waals surface area contributed by atoms with E-state index in [2.05, 4.69) is 13.8 Å². The molecule has 0 aromatic heterocycles. The highest BCUT2D eigenvalue weighted by Crippen LogP contribution is 2.56. The van der Waals surface area contributed by atoms with E-state index in [0.717, 1.165) is 19.3 Å². The number of hydrogen-bond acceptors (Lipinski definition) is 2. The Kier molecular flexibility index (Phi) is 1.87. The van der Waals surface area contributed by atoms with Gasteiger partial charge in [0.05, 0.1) is 5.60 Å². The van der Waals surface area contributed by atoms with Crippen molar-refractivity contribution in [3.63, 3.8) is 0 Å². The maximum absolute atomic E-state index is 12.2. The molecule has 1 saturated heterocycles. The highest BCUT2D eigenvalue weighted by Gasteiger charge is 2.61. The molecule has 2 aliphatic carbocycles. The molecule has 3 rings (SSSR count). The van der Waals surface area contributed by atoms with Crippen LogP contribution in [0.3, 0.4) is 0 Å². The van der Waals surface area contributed by atoms with Crippen LogP contribution in [0.2, 0.25) is 0 Å². The van der Waals surface area contributed by atoms with Gasteiger partial charge in [0.1, 0.15) is 5.60 Å². The van der Waals surface area contributed by atoms with Crippen molar-refractivity contribution in [1.82, 2.24) is 0 Å². The summed E-state index contributed by atoms with van der Waals surface area (Å²) < 4.78 is 6.23. The molecular weight excluding hydrogens is 188 g/mol. The number of Topliss-reactive ketones (excluding diaryl/α,β-unsaturated/α-hetero) is 1. The molecule has 0 N–H and O–H groups in total. The van der Waals surface area contributed by atoms with E-state index in [9.17, 15) is 4.79 Å². The van der Waals surface area contributed by atoms with Crippen LogP contribution >= 0.6 is 0 Å². The summed E-state index contributed by atoms with van der Waals surface area (Å²) in [7, 11) is 0. The Hall–Kier alpha value is -0.370.